The van der Waals surface area contributed by atoms with Crippen molar-refractivity contribution in [3.8, 4) is 11.3 Å². The highest BCUT2D eigenvalue weighted by Gasteiger charge is 2.07. The van der Waals surface area contributed by atoms with E-state index in [9.17, 15) is 4.79 Å². The Morgan fingerprint density at radius 1 is 0.964 bits per heavy atom. The average molecular weight is 388 g/mol. The Morgan fingerprint density at radius 2 is 1.79 bits per heavy atom. The molecule has 0 unspecified atom stereocenters. The van der Waals surface area contributed by atoms with E-state index in [0.29, 0.717) is 12.3 Å². The van der Waals surface area contributed by atoms with E-state index < -0.39 is 0 Å². The lowest BCUT2D eigenvalue weighted by molar-refractivity contribution is -0.118. The number of carbonyl (C=O) groups excluding carboxylic acids is 1. The van der Waals surface area contributed by atoms with Crippen molar-refractivity contribution < 1.29 is 4.79 Å². The minimum atomic E-state index is -0.00113. The lowest BCUT2D eigenvalue weighted by Crippen LogP contribution is -2.27. The van der Waals surface area contributed by atoms with Gasteiger partial charge in [0, 0.05) is 29.2 Å². The molecule has 2 aromatic carbocycles. The fourth-order valence-electron chi connectivity index (χ4n) is 3.03. The van der Waals surface area contributed by atoms with Gasteiger partial charge < -0.3 is 10.3 Å². The molecule has 2 heterocycles. The summed E-state index contributed by atoms with van der Waals surface area (Å²) in [7, 11) is 0. The Kier molecular flexibility index (Phi) is 5.68. The van der Waals surface area contributed by atoms with E-state index in [2.05, 4.69) is 32.6 Å². The molecule has 0 saturated heterocycles. The maximum Gasteiger partial charge on any atom is 0.230 e. The molecule has 2 aromatic heterocycles. The molecule has 2 N–H and O–H groups in total. The number of hydrogen-bond donors (Lipinski definition) is 2. The van der Waals surface area contributed by atoms with Crippen molar-refractivity contribution in [1.29, 1.82) is 0 Å². The lowest BCUT2D eigenvalue weighted by atomic mass is 10.1. The van der Waals surface area contributed by atoms with E-state index in [0.717, 1.165) is 28.2 Å². The highest BCUT2D eigenvalue weighted by atomic mass is 32.2. The number of H-pyrrole nitrogens is 1. The van der Waals surface area contributed by atoms with Gasteiger partial charge >= 0.3 is 0 Å². The molecular formula is C22H20N4OS. The molecule has 6 heteroatoms. The van der Waals surface area contributed by atoms with Crippen molar-refractivity contribution in [1.82, 2.24) is 20.5 Å². The first-order chi connectivity index (χ1) is 13.8. The summed E-state index contributed by atoms with van der Waals surface area (Å²) in [5, 5.41) is 13.4. The van der Waals surface area contributed by atoms with Crippen LogP contribution in [0.2, 0.25) is 0 Å². The SMILES string of the molecule is O=C(CSc1ccc(-c2ccccc2)nn1)NCCc1c[nH]c2ccccc12. The minimum absolute atomic E-state index is 0.00113. The molecule has 4 aromatic rings. The number of benzene rings is 2. The number of para-hydroxylation sites is 1. The zero-order valence-electron chi connectivity index (χ0n) is 15.3. The summed E-state index contributed by atoms with van der Waals surface area (Å²) in [6, 6.07) is 21.9. The van der Waals surface area contributed by atoms with Gasteiger partial charge in [-0.1, -0.05) is 60.3 Å². The van der Waals surface area contributed by atoms with Crippen molar-refractivity contribution in [2.24, 2.45) is 0 Å². The van der Waals surface area contributed by atoms with Crippen molar-refractivity contribution >= 4 is 28.6 Å². The summed E-state index contributed by atoms with van der Waals surface area (Å²) in [6.07, 6.45) is 2.81. The molecular weight excluding hydrogens is 368 g/mol. The van der Waals surface area contributed by atoms with Gasteiger partial charge in [-0.15, -0.1) is 10.2 Å². The zero-order valence-corrected chi connectivity index (χ0v) is 16.1. The van der Waals surface area contributed by atoms with Crippen LogP contribution in [0.15, 0.2) is 78.0 Å². The van der Waals surface area contributed by atoms with E-state index in [1.165, 1.54) is 22.7 Å². The predicted octanol–water partition coefficient (Wildman–Crippen LogP) is 4.08. The molecule has 4 rings (SSSR count). The van der Waals surface area contributed by atoms with Crippen LogP contribution < -0.4 is 5.32 Å². The van der Waals surface area contributed by atoms with Gasteiger partial charge in [-0.05, 0) is 30.2 Å². The molecule has 0 atom stereocenters. The van der Waals surface area contributed by atoms with Crippen LogP contribution in [0.3, 0.4) is 0 Å². The smallest absolute Gasteiger partial charge is 0.230 e. The first kappa shape index (κ1) is 18.3. The average Bonchev–Trinajstić information content (AvgIpc) is 3.16. The summed E-state index contributed by atoms with van der Waals surface area (Å²) in [5.41, 5.74) is 4.19. The van der Waals surface area contributed by atoms with Gasteiger partial charge in [0.1, 0.15) is 5.03 Å². The molecule has 0 saturated carbocycles. The van der Waals surface area contributed by atoms with E-state index in [1.807, 2.05) is 60.8 Å². The molecule has 140 valence electrons. The van der Waals surface area contributed by atoms with E-state index in [-0.39, 0.29) is 5.91 Å². The van der Waals surface area contributed by atoms with Crippen molar-refractivity contribution in [2.75, 3.05) is 12.3 Å². The van der Waals surface area contributed by atoms with Gasteiger partial charge in [0.05, 0.1) is 11.4 Å². The van der Waals surface area contributed by atoms with Crippen LogP contribution in [0, 0.1) is 0 Å². The maximum atomic E-state index is 12.1. The highest BCUT2D eigenvalue weighted by molar-refractivity contribution is 7.99. The number of aromatic amines is 1. The number of rotatable bonds is 7. The largest absolute Gasteiger partial charge is 0.361 e. The van der Waals surface area contributed by atoms with Crippen LogP contribution >= 0.6 is 11.8 Å². The van der Waals surface area contributed by atoms with Gasteiger partial charge in [-0.25, -0.2) is 0 Å². The third-order valence-electron chi connectivity index (χ3n) is 4.45. The highest BCUT2D eigenvalue weighted by Crippen LogP contribution is 2.20. The molecule has 0 bridgehead atoms. The molecule has 0 aliphatic heterocycles. The Morgan fingerprint density at radius 3 is 2.61 bits per heavy atom. The van der Waals surface area contributed by atoms with Crippen LogP contribution in [0.25, 0.3) is 22.2 Å². The van der Waals surface area contributed by atoms with Crippen LogP contribution in [0.5, 0.6) is 0 Å². The summed E-state index contributed by atoms with van der Waals surface area (Å²) < 4.78 is 0. The fourth-order valence-corrected chi connectivity index (χ4v) is 3.67. The Hall–Kier alpha value is -3.12. The Labute approximate surface area is 167 Å². The van der Waals surface area contributed by atoms with E-state index in [4.69, 9.17) is 0 Å². The van der Waals surface area contributed by atoms with Crippen molar-refractivity contribution in [3.05, 3.63) is 78.5 Å². The predicted molar refractivity (Wildman–Crippen MR) is 113 cm³/mol. The molecule has 1 amide bonds. The molecule has 0 spiro atoms. The normalized spacial score (nSPS) is 10.9. The summed E-state index contributed by atoms with van der Waals surface area (Å²) in [6.45, 7) is 0.611. The molecule has 0 aliphatic carbocycles. The maximum absolute atomic E-state index is 12.1. The van der Waals surface area contributed by atoms with E-state index in [1.54, 1.807) is 0 Å². The van der Waals surface area contributed by atoms with E-state index >= 15 is 0 Å². The summed E-state index contributed by atoms with van der Waals surface area (Å²) in [4.78, 5) is 15.4. The standard InChI is InChI=1S/C22H20N4OS/c27-21(23-13-12-17-14-24-20-9-5-4-8-18(17)20)15-28-22-11-10-19(25-26-22)16-6-2-1-3-7-16/h1-11,14,24H,12-13,15H2,(H,23,27). The number of amides is 1. The summed E-state index contributed by atoms with van der Waals surface area (Å²) in [5.74, 6) is 0.326. The lowest BCUT2D eigenvalue weighted by Gasteiger charge is -2.05. The summed E-state index contributed by atoms with van der Waals surface area (Å²) >= 11 is 1.39. The molecule has 0 fully saturated rings. The van der Waals surface area contributed by atoms with Crippen molar-refractivity contribution in [2.45, 2.75) is 11.4 Å². The quantitative estimate of drug-likeness (QED) is 0.468. The first-order valence-electron chi connectivity index (χ1n) is 9.13. The van der Waals surface area contributed by atoms with Gasteiger partial charge in [-0.3, -0.25) is 4.79 Å². The monoisotopic (exact) mass is 388 g/mol. The first-order valence-corrected chi connectivity index (χ1v) is 10.1. The van der Waals surface area contributed by atoms with Crippen LogP contribution in [-0.2, 0) is 11.2 Å². The molecule has 0 radical (unpaired) electrons. The van der Waals surface area contributed by atoms with Gasteiger partial charge in [-0.2, -0.15) is 0 Å². The second-order valence-corrected chi connectivity index (χ2v) is 7.37. The second-order valence-electron chi connectivity index (χ2n) is 6.37. The third kappa shape index (κ3) is 4.40. The fraction of sp³-hybridized carbons (Fsp3) is 0.136. The molecule has 0 aliphatic rings. The number of aromatic nitrogens is 3. The number of carbonyl (C=O) groups is 1. The van der Waals surface area contributed by atoms with Crippen molar-refractivity contribution in [3.63, 3.8) is 0 Å². The Bertz CT molecular complexity index is 1060. The Balaban J connectivity index is 1.24. The third-order valence-corrected chi connectivity index (χ3v) is 5.37. The zero-order chi connectivity index (χ0) is 19.2. The van der Waals surface area contributed by atoms with Gasteiger partial charge in [0.2, 0.25) is 5.91 Å². The van der Waals surface area contributed by atoms with Gasteiger partial charge in [0.25, 0.3) is 0 Å². The molecule has 28 heavy (non-hydrogen) atoms. The topological polar surface area (TPSA) is 70.7 Å². The number of hydrogen-bond acceptors (Lipinski definition) is 4. The van der Waals surface area contributed by atoms with Gasteiger partial charge in [0.15, 0.2) is 0 Å². The van der Waals surface area contributed by atoms with Crippen LogP contribution in [0.4, 0.5) is 0 Å². The van der Waals surface area contributed by atoms with Crippen LogP contribution in [0.1, 0.15) is 5.56 Å². The number of nitrogens with one attached hydrogen (secondary N) is 2. The minimum Gasteiger partial charge on any atom is -0.361 e. The number of thioether (sulfide) groups is 1. The number of fused-ring (bicyclic) bond motifs is 1. The second kappa shape index (κ2) is 8.71. The molecule has 5 nitrogen and oxygen atoms in total. The van der Waals surface area contributed by atoms with Crippen LogP contribution in [-0.4, -0.2) is 33.4 Å². The number of nitrogens with zero attached hydrogens (tertiary/aromatic N) is 2.